The number of aromatic nitrogens is 2. The molecule has 0 bridgehead atoms. The van der Waals surface area contributed by atoms with Crippen molar-refractivity contribution < 1.29 is 8.42 Å². The maximum atomic E-state index is 11.3. The van der Waals surface area contributed by atoms with Crippen molar-refractivity contribution in [2.75, 3.05) is 22.2 Å². The minimum Gasteiger partial charge on any atom is -0.367 e. The number of rotatable bonds is 3. The molecule has 0 atom stereocenters. The van der Waals surface area contributed by atoms with Gasteiger partial charge in [-0.1, -0.05) is 0 Å². The van der Waals surface area contributed by atoms with Gasteiger partial charge in [0.2, 0.25) is 5.95 Å². The Hall–Kier alpha value is -1.41. The van der Waals surface area contributed by atoms with Gasteiger partial charge in [0.15, 0.2) is 0 Å². The highest BCUT2D eigenvalue weighted by Gasteiger charge is 2.23. The highest BCUT2D eigenvalue weighted by Crippen LogP contribution is 2.16. The van der Waals surface area contributed by atoms with Gasteiger partial charge in [-0.3, -0.25) is 5.43 Å². The SMILES string of the molecule is NNc1nccc(NC2CCS(=O)(=O)CC2)n1. The van der Waals surface area contributed by atoms with Gasteiger partial charge in [0.05, 0.1) is 11.5 Å². The van der Waals surface area contributed by atoms with Gasteiger partial charge in [0, 0.05) is 12.2 Å². The maximum absolute atomic E-state index is 11.3. The van der Waals surface area contributed by atoms with Gasteiger partial charge in [-0.25, -0.2) is 19.2 Å². The Kier molecular flexibility index (Phi) is 3.43. The van der Waals surface area contributed by atoms with E-state index < -0.39 is 9.84 Å². The van der Waals surface area contributed by atoms with Crippen molar-refractivity contribution in [2.24, 2.45) is 5.84 Å². The molecular formula is C9H15N5O2S. The second-order valence-corrected chi connectivity index (χ2v) is 6.28. The first-order valence-electron chi connectivity index (χ1n) is 5.36. The van der Waals surface area contributed by atoms with Gasteiger partial charge in [0.1, 0.15) is 15.7 Å². The average Bonchev–Trinajstić information content (AvgIpc) is 2.32. The molecule has 7 nitrogen and oxygen atoms in total. The van der Waals surface area contributed by atoms with E-state index in [2.05, 4.69) is 20.7 Å². The van der Waals surface area contributed by atoms with E-state index in [1.807, 2.05) is 0 Å². The van der Waals surface area contributed by atoms with Crippen molar-refractivity contribution in [3.8, 4) is 0 Å². The number of hydrogen-bond donors (Lipinski definition) is 3. The molecule has 1 fully saturated rings. The minimum atomic E-state index is -2.83. The van der Waals surface area contributed by atoms with E-state index in [0.717, 1.165) is 0 Å². The molecule has 1 aromatic heterocycles. The lowest BCUT2D eigenvalue weighted by molar-refractivity contribution is 0.559. The van der Waals surface area contributed by atoms with Gasteiger partial charge in [-0.05, 0) is 18.9 Å². The lowest BCUT2D eigenvalue weighted by Gasteiger charge is -2.23. The van der Waals surface area contributed by atoms with Gasteiger partial charge in [0.25, 0.3) is 0 Å². The minimum absolute atomic E-state index is 0.138. The van der Waals surface area contributed by atoms with E-state index in [1.54, 1.807) is 12.3 Å². The molecule has 1 aromatic rings. The molecule has 0 aliphatic carbocycles. The van der Waals surface area contributed by atoms with Gasteiger partial charge in [-0.15, -0.1) is 0 Å². The van der Waals surface area contributed by atoms with Crippen LogP contribution in [0.25, 0.3) is 0 Å². The summed E-state index contributed by atoms with van der Waals surface area (Å²) in [5.41, 5.74) is 2.36. The summed E-state index contributed by atoms with van der Waals surface area (Å²) < 4.78 is 22.5. The Balaban J connectivity index is 1.97. The average molecular weight is 257 g/mol. The van der Waals surface area contributed by atoms with Crippen molar-refractivity contribution in [1.29, 1.82) is 0 Å². The lowest BCUT2D eigenvalue weighted by Crippen LogP contribution is -2.32. The molecule has 0 aromatic carbocycles. The Bertz CT molecular complexity index is 476. The fraction of sp³-hybridized carbons (Fsp3) is 0.556. The van der Waals surface area contributed by atoms with Crippen molar-refractivity contribution in [2.45, 2.75) is 18.9 Å². The first kappa shape index (κ1) is 12.1. The molecule has 1 saturated heterocycles. The zero-order valence-corrected chi connectivity index (χ0v) is 10.1. The highest BCUT2D eigenvalue weighted by atomic mass is 32.2. The van der Waals surface area contributed by atoms with Crippen LogP contribution in [-0.2, 0) is 9.84 Å². The third-order valence-corrected chi connectivity index (χ3v) is 4.41. The lowest BCUT2D eigenvalue weighted by atomic mass is 10.1. The highest BCUT2D eigenvalue weighted by molar-refractivity contribution is 7.91. The smallest absolute Gasteiger partial charge is 0.239 e. The molecule has 0 amide bonds. The summed E-state index contributed by atoms with van der Waals surface area (Å²) in [5, 5.41) is 3.18. The van der Waals surface area contributed by atoms with Crippen LogP contribution in [-0.4, -0.2) is 35.9 Å². The van der Waals surface area contributed by atoms with Crippen molar-refractivity contribution in [3.05, 3.63) is 12.3 Å². The predicted molar refractivity (Wildman–Crippen MR) is 65.1 cm³/mol. The molecule has 0 radical (unpaired) electrons. The van der Waals surface area contributed by atoms with Crippen LogP contribution in [0.5, 0.6) is 0 Å². The second-order valence-electron chi connectivity index (χ2n) is 3.98. The van der Waals surface area contributed by atoms with Gasteiger partial charge in [-0.2, -0.15) is 4.98 Å². The molecule has 1 aliphatic heterocycles. The molecule has 8 heteroatoms. The number of hydrazine groups is 1. The number of sulfone groups is 1. The number of anilines is 2. The van der Waals surface area contributed by atoms with Gasteiger partial charge < -0.3 is 5.32 Å². The molecule has 0 unspecified atom stereocenters. The Labute approximate surface area is 99.7 Å². The van der Waals surface area contributed by atoms with Crippen LogP contribution < -0.4 is 16.6 Å². The quantitative estimate of drug-likeness (QED) is 0.506. The number of hydrogen-bond acceptors (Lipinski definition) is 7. The summed E-state index contributed by atoms with van der Waals surface area (Å²) in [4.78, 5) is 8.00. The Morgan fingerprint density at radius 3 is 2.71 bits per heavy atom. The van der Waals surface area contributed by atoms with Crippen LogP contribution in [0.1, 0.15) is 12.8 Å². The summed E-state index contributed by atoms with van der Waals surface area (Å²) in [6.07, 6.45) is 2.81. The van der Waals surface area contributed by atoms with Crippen LogP contribution in [0.2, 0.25) is 0 Å². The fourth-order valence-corrected chi connectivity index (χ4v) is 3.24. The van der Waals surface area contributed by atoms with Crippen LogP contribution in [0.4, 0.5) is 11.8 Å². The largest absolute Gasteiger partial charge is 0.367 e. The summed E-state index contributed by atoms with van der Waals surface area (Å²) in [6, 6.07) is 1.86. The van der Waals surface area contributed by atoms with E-state index in [1.165, 1.54) is 0 Å². The van der Waals surface area contributed by atoms with Crippen molar-refractivity contribution >= 4 is 21.6 Å². The summed E-state index contributed by atoms with van der Waals surface area (Å²) in [6.45, 7) is 0. The number of nitrogens with one attached hydrogen (secondary N) is 2. The molecular weight excluding hydrogens is 242 g/mol. The third kappa shape index (κ3) is 3.27. The van der Waals surface area contributed by atoms with E-state index in [4.69, 9.17) is 5.84 Å². The van der Waals surface area contributed by atoms with Crippen molar-refractivity contribution in [3.63, 3.8) is 0 Å². The van der Waals surface area contributed by atoms with Crippen molar-refractivity contribution in [1.82, 2.24) is 9.97 Å². The molecule has 0 saturated carbocycles. The monoisotopic (exact) mass is 257 g/mol. The first-order valence-corrected chi connectivity index (χ1v) is 7.18. The second kappa shape index (κ2) is 4.84. The molecule has 17 heavy (non-hydrogen) atoms. The Morgan fingerprint density at radius 2 is 2.06 bits per heavy atom. The van der Waals surface area contributed by atoms with Crippen LogP contribution in [0.15, 0.2) is 12.3 Å². The number of nitrogen functional groups attached to an aromatic ring is 1. The summed E-state index contributed by atoms with van der Waals surface area (Å²) in [7, 11) is -2.83. The van der Waals surface area contributed by atoms with Crippen LogP contribution in [0.3, 0.4) is 0 Å². The maximum Gasteiger partial charge on any atom is 0.239 e. The number of nitrogens with two attached hydrogens (primary N) is 1. The van der Waals surface area contributed by atoms with E-state index in [-0.39, 0.29) is 17.5 Å². The van der Waals surface area contributed by atoms with Gasteiger partial charge >= 0.3 is 0 Å². The Morgan fingerprint density at radius 1 is 1.35 bits per heavy atom. The van der Waals surface area contributed by atoms with E-state index in [9.17, 15) is 8.42 Å². The zero-order valence-electron chi connectivity index (χ0n) is 9.26. The standard InChI is InChI=1S/C9H15N5O2S/c10-14-9-11-4-1-8(13-9)12-7-2-5-17(15,16)6-3-7/h1,4,7H,2-3,5-6,10H2,(H2,11,12,13,14). The van der Waals surface area contributed by atoms with Crippen LogP contribution in [0, 0.1) is 0 Å². The fourth-order valence-electron chi connectivity index (χ4n) is 1.75. The molecule has 94 valence electrons. The molecule has 1 aliphatic rings. The van der Waals surface area contributed by atoms with Crippen LogP contribution >= 0.6 is 0 Å². The molecule has 2 heterocycles. The third-order valence-electron chi connectivity index (χ3n) is 2.69. The number of nitrogens with zero attached hydrogens (tertiary/aromatic N) is 2. The first-order chi connectivity index (χ1) is 8.09. The normalized spacial score (nSPS) is 19.8. The summed E-state index contributed by atoms with van der Waals surface area (Å²) >= 11 is 0. The topological polar surface area (TPSA) is 110 Å². The zero-order chi connectivity index (χ0) is 12.3. The molecule has 4 N–H and O–H groups in total. The predicted octanol–water partition coefficient (Wildman–Crippen LogP) is -0.249. The summed E-state index contributed by atoms with van der Waals surface area (Å²) in [5.74, 6) is 6.66. The van der Waals surface area contributed by atoms with E-state index in [0.29, 0.717) is 24.6 Å². The van der Waals surface area contributed by atoms with E-state index >= 15 is 0 Å². The molecule has 2 rings (SSSR count). The molecule has 0 spiro atoms.